The Morgan fingerprint density at radius 2 is 1.95 bits per heavy atom. The molecule has 4 rings (SSSR count). The average Bonchev–Trinajstić information content (AvgIpc) is 3.19. The minimum absolute atomic E-state index is 0.0415. The molecule has 202 valence electrons. The van der Waals surface area contributed by atoms with Crippen LogP contribution in [0.5, 0.6) is 5.75 Å². The number of pyridine rings is 1. The SMILES string of the molecule is COc1cc(C)[nH]c(=O)c1CCC(=O)c1c(C)n([C@H](C)C2CCN(CC(F)(F)C#N)CC2)c2ccccc12. The van der Waals surface area contributed by atoms with Crippen molar-refractivity contribution in [2.24, 2.45) is 5.92 Å². The van der Waals surface area contributed by atoms with Gasteiger partial charge >= 0.3 is 5.92 Å². The van der Waals surface area contributed by atoms with Crippen molar-refractivity contribution in [3.63, 3.8) is 0 Å². The minimum Gasteiger partial charge on any atom is -0.496 e. The van der Waals surface area contributed by atoms with E-state index in [1.165, 1.54) is 7.11 Å². The summed E-state index contributed by atoms with van der Waals surface area (Å²) < 4.78 is 34.7. The standard InChI is InChI=1S/C29H34F2N4O3/c1-18-15-26(38-4)23(28(37)33-18)9-10-25(36)27-20(3)35(24-8-6-5-7-22(24)27)19(2)21-11-13-34(14-12-21)17-29(30,31)16-32/h5-8,15,19,21H,9-14,17H2,1-4H3,(H,33,37)/t19-/m1/s1. The zero-order valence-electron chi connectivity index (χ0n) is 22.3. The molecule has 0 bridgehead atoms. The van der Waals surface area contributed by atoms with Crippen LogP contribution in [0, 0.1) is 31.1 Å². The van der Waals surface area contributed by atoms with E-state index >= 15 is 0 Å². The van der Waals surface area contributed by atoms with Gasteiger partial charge in [0.25, 0.3) is 5.56 Å². The van der Waals surface area contributed by atoms with Gasteiger partial charge in [-0.05, 0) is 71.2 Å². The van der Waals surface area contributed by atoms with Gasteiger partial charge in [0.1, 0.15) is 11.8 Å². The van der Waals surface area contributed by atoms with Crippen LogP contribution in [0.3, 0.4) is 0 Å². The summed E-state index contributed by atoms with van der Waals surface area (Å²) in [5.41, 5.74) is 3.38. The van der Waals surface area contributed by atoms with Crippen LogP contribution in [0.25, 0.3) is 10.9 Å². The van der Waals surface area contributed by atoms with E-state index in [0.29, 0.717) is 35.7 Å². The van der Waals surface area contributed by atoms with Gasteiger partial charge < -0.3 is 14.3 Å². The maximum atomic E-state index is 13.6. The second-order valence-corrected chi connectivity index (χ2v) is 10.3. The van der Waals surface area contributed by atoms with E-state index in [-0.39, 0.29) is 36.1 Å². The molecule has 3 heterocycles. The maximum absolute atomic E-state index is 13.6. The summed E-state index contributed by atoms with van der Waals surface area (Å²) >= 11 is 0. The smallest absolute Gasteiger partial charge is 0.344 e. The molecule has 1 N–H and O–H groups in total. The number of nitrogens with one attached hydrogen (secondary N) is 1. The van der Waals surface area contributed by atoms with Gasteiger partial charge in [0.15, 0.2) is 5.78 Å². The molecule has 0 radical (unpaired) electrons. The molecule has 7 nitrogen and oxygen atoms in total. The van der Waals surface area contributed by atoms with Crippen molar-refractivity contribution >= 4 is 16.7 Å². The number of piperidine rings is 1. The Morgan fingerprint density at radius 3 is 2.61 bits per heavy atom. The molecule has 1 saturated heterocycles. The number of fused-ring (bicyclic) bond motifs is 1. The second-order valence-electron chi connectivity index (χ2n) is 10.3. The summed E-state index contributed by atoms with van der Waals surface area (Å²) in [5.74, 6) is -2.66. The lowest BCUT2D eigenvalue weighted by atomic mass is 9.89. The third-order valence-corrected chi connectivity index (χ3v) is 7.79. The van der Waals surface area contributed by atoms with Crippen LogP contribution in [0.1, 0.15) is 59.5 Å². The van der Waals surface area contributed by atoms with Crippen molar-refractivity contribution < 1.29 is 18.3 Å². The molecule has 0 saturated carbocycles. The van der Waals surface area contributed by atoms with Crippen LogP contribution in [0.4, 0.5) is 8.78 Å². The highest BCUT2D eigenvalue weighted by Crippen LogP contribution is 2.36. The molecule has 3 aromatic rings. The van der Waals surface area contributed by atoms with Gasteiger partial charge in [0, 0.05) is 40.3 Å². The molecular weight excluding hydrogens is 490 g/mol. The first-order chi connectivity index (χ1) is 18.1. The number of ether oxygens (including phenoxy) is 1. The molecule has 0 spiro atoms. The van der Waals surface area contributed by atoms with Crippen molar-refractivity contribution in [2.45, 2.75) is 58.4 Å². The zero-order valence-corrected chi connectivity index (χ0v) is 22.3. The fourth-order valence-electron chi connectivity index (χ4n) is 5.86. The molecule has 0 unspecified atom stereocenters. The van der Waals surface area contributed by atoms with E-state index in [1.807, 2.05) is 31.2 Å². The number of carbonyl (C=O) groups excluding carboxylic acids is 1. The Hall–Kier alpha value is -3.51. The number of nitriles is 1. The van der Waals surface area contributed by atoms with Crippen LogP contribution in [-0.2, 0) is 6.42 Å². The fraction of sp³-hybridized carbons (Fsp3) is 0.483. The zero-order chi connectivity index (χ0) is 27.6. The number of H-pyrrole nitrogens is 1. The van der Waals surface area contributed by atoms with Gasteiger partial charge in [0.2, 0.25) is 0 Å². The first kappa shape index (κ1) is 27.5. The van der Waals surface area contributed by atoms with Crippen molar-refractivity contribution in [1.82, 2.24) is 14.5 Å². The lowest BCUT2D eigenvalue weighted by Crippen LogP contribution is -2.42. The number of carbonyl (C=O) groups is 1. The number of likely N-dealkylation sites (tertiary alicyclic amines) is 1. The Balaban J connectivity index is 1.57. The van der Waals surface area contributed by atoms with Crippen LogP contribution in [-0.4, -0.2) is 52.9 Å². The molecule has 0 aliphatic carbocycles. The topological polar surface area (TPSA) is 91.1 Å². The number of Topliss-reactive ketones (excluding diaryl/α,β-unsaturated/α-hetero) is 1. The number of nitrogens with zero attached hydrogens (tertiary/aromatic N) is 3. The molecular formula is C29H34F2N4O3. The number of hydrogen-bond acceptors (Lipinski definition) is 5. The third kappa shape index (κ3) is 5.51. The summed E-state index contributed by atoms with van der Waals surface area (Å²) in [6.07, 6.45) is 1.89. The minimum atomic E-state index is -3.34. The summed E-state index contributed by atoms with van der Waals surface area (Å²) in [6.45, 7) is 6.32. The van der Waals surface area contributed by atoms with Crippen LogP contribution < -0.4 is 10.3 Å². The van der Waals surface area contributed by atoms with E-state index in [1.54, 1.807) is 17.9 Å². The van der Waals surface area contributed by atoms with Crippen molar-refractivity contribution in [1.29, 1.82) is 5.26 Å². The summed E-state index contributed by atoms with van der Waals surface area (Å²) in [6, 6.07) is 10.7. The number of para-hydroxylation sites is 1. The third-order valence-electron chi connectivity index (χ3n) is 7.79. The quantitative estimate of drug-likeness (QED) is 0.389. The number of halogens is 2. The summed E-state index contributed by atoms with van der Waals surface area (Å²) in [7, 11) is 1.51. The molecule has 1 aliphatic heterocycles. The predicted octanol–water partition coefficient (Wildman–Crippen LogP) is 5.20. The Labute approximate surface area is 221 Å². The van der Waals surface area contributed by atoms with Gasteiger partial charge in [-0.1, -0.05) is 18.2 Å². The van der Waals surface area contributed by atoms with E-state index in [2.05, 4.69) is 16.5 Å². The maximum Gasteiger partial charge on any atom is 0.344 e. The highest BCUT2D eigenvalue weighted by molar-refractivity contribution is 6.09. The Kier molecular flexibility index (Phi) is 8.02. The first-order valence-corrected chi connectivity index (χ1v) is 13.0. The van der Waals surface area contributed by atoms with Crippen LogP contribution in [0.2, 0.25) is 0 Å². The largest absolute Gasteiger partial charge is 0.496 e. The van der Waals surface area contributed by atoms with Gasteiger partial charge in [-0.2, -0.15) is 14.0 Å². The fourth-order valence-corrected chi connectivity index (χ4v) is 5.86. The van der Waals surface area contributed by atoms with E-state index in [9.17, 15) is 18.4 Å². The van der Waals surface area contributed by atoms with Crippen molar-refractivity contribution in [3.8, 4) is 11.8 Å². The molecule has 1 fully saturated rings. The van der Waals surface area contributed by atoms with Gasteiger partial charge in [0.05, 0.1) is 19.2 Å². The van der Waals surface area contributed by atoms with Crippen LogP contribution in [0.15, 0.2) is 35.1 Å². The normalized spacial score (nSPS) is 15.9. The van der Waals surface area contributed by atoms with Gasteiger partial charge in [-0.15, -0.1) is 0 Å². The Bertz CT molecular complexity index is 1430. The number of methoxy groups -OCH3 is 1. The molecule has 1 atom stereocenters. The average molecular weight is 525 g/mol. The molecule has 0 amide bonds. The van der Waals surface area contributed by atoms with Crippen molar-refractivity contribution in [2.75, 3.05) is 26.7 Å². The number of hydrogen-bond donors (Lipinski definition) is 1. The summed E-state index contributed by atoms with van der Waals surface area (Å²) in [4.78, 5) is 30.5. The number of aromatic amines is 1. The van der Waals surface area contributed by atoms with Crippen molar-refractivity contribution in [3.05, 3.63) is 63.2 Å². The van der Waals surface area contributed by atoms with E-state index < -0.39 is 12.5 Å². The lowest BCUT2D eigenvalue weighted by Gasteiger charge is -2.36. The highest BCUT2D eigenvalue weighted by atomic mass is 19.3. The number of aryl methyl sites for hydroxylation is 1. The number of ketones is 1. The molecule has 38 heavy (non-hydrogen) atoms. The number of aromatic nitrogens is 2. The van der Waals surface area contributed by atoms with Crippen LogP contribution >= 0.6 is 0 Å². The molecule has 9 heteroatoms. The Morgan fingerprint density at radius 1 is 1.26 bits per heavy atom. The lowest BCUT2D eigenvalue weighted by molar-refractivity contribution is 0.00755. The molecule has 2 aromatic heterocycles. The molecule has 1 aliphatic rings. The monoisotopic (exact) mass is 524 g/mol. The number of benzene rings is 1. The number of rotatable bonds is 9. The number of alkyl halides is 2. The first-order valence-electron chi connectivity index (χ1n) is 13.0. The molecule has 1 aromatic carbocycles. The summed E-state index contributed by atoms with van der Waals surface area (Å²) in [5, 5.41) is 9.54. The van der Waals surface area contributed by atoms with E-state index in [0.717, 1.165) is 35.5 Å². The van der Waals surface area contributed by atoms with Gasteiger partial charge in [-0.25, -0.2) is 0 Å². The highest BCUT2D eigenvalue weighted by Gasteiger charge is 2.35. The second kappa shape index (κ2) is 11.1. The van der Waals surface area contributed by atoms with Gasteiger partial charge in [-0.3, -0.25) is 14.5 Å². The van der Waals surface area contributed by atoms with E-state index in [4.69, 9.17) is 10.00 Å². The predicted molar refractivity (Wildman–Crippen MR) is 142 cm³/mol.